The van der Waals surface area contributed by atoms with Crippen LogP contribution in [-0.4, -0.2) is 52.9 Å². The Morgan fingerprint density at radius 3 is 2.48 bits per heavy atom. The van der Waals surface area contributed by atoms with Gasteiger partial charge in [-0.1, -0.05) is 12.1 Å². The van der Waals surface area contributed by atoms with Gasteiger partial charge in [-0.3, -0.25) is 4.99 Å². The highest BCUT2D eigenvalue weighted by molar-refractivity contribution is 14.0. The van der Waals surface area contributed by atoms with Gasteiger partial charge in [0.2, 0.25) is 0 Å². The fraction of sp³-hybridized carbons (Fsp3) is 0.471. The van der Waals surface area contributed by atoms with Crippen molar-refractivity contribution in [3.05, 3.63) is 42.5 Å². The highest BCUT2D eigenvalue weighted by atomic mass is 127. The third-order valence-electron chi connectivity index (χ3n) is 3.73. The van der Waals surface area contributed by atoms with E-state index in [9.17, 15) is 8.78 Å². The smallest absolute Gasteiger partial charge is 0.387 e. The molecular weight excluding hydrogens is 469 g/mol. The Hall–Kier alpha value is -1.98. The Bertz CT molecular complexity index is 667. The van der Waals surface area contributed by atoms with Crippen LogP contribution in [-0.2, 0) is 13.1 Å². The number of nitrogens with one attached hydrogen (secondary N) is 1. The predicted octanol–water partition coefficient (Wildman–Crippen LogP) is 2.99. The molecule has 0 aliphatic heterocycles. The van der Waals surface area contributed by atoms with Gasteiger partial charge in [0.15, 0.2) is 5.96 Å². The van der Waals surface area contributed by atoms with Crippen LogP contribution in [0, 0.1) is 0 Å². The Kier molecular flexibility index (Phi) is 10.6. The van der Waals surface area contributed by atoms with E-state index in [2.05, 4.69) is 25.2 Å². The van der Waals surface area contributed by atoms with Gasteiger partial charge in [0.25, 0.3) is 0 Å². The number of rotatable bonds is 9. The number of halogens is 3. The van der Waals surface area contributed by atoms with Crippen molar-refractivity contribution >= 4 is 29.9 Å². The van der Waals surface area contributed by atoms with Gasteiger partial charge < -0.3 is 19.5 Å². The van der Waals surface area contributed by atoms with Crippen molar-refractivity contribution in [1.29, 1.82) is 0 Å². The van der Waals surface area contributed by atoms with Gasteiger partial charge >= 0.3 is 6.61 Å². The Morgan fingerprint density at radius 1 is 1.22 bits per heavy atom. The molecule has 2 rings (SSSR count). The van der Waals surface area contributed by atoms with Gasteiger partial charge in [0.1, 0.15) is 18.4 Å². The summed E-state index contributed by atoms with van der Waals surface area (Å²) in [5.74, 6) is 0.934. The molecule has 150 valence electrons. The molecule has 0 amide bonds. The van der Waals surface area contributed by atoms with E-state index in [1.807, 2.05) is 16.5 Å². The quantitative estimate of drug-likeness (QED) is 0.251. The van der Waals surface area contributed by atoms with E-state index in [-0.39, 0.29) is 29.7 Å². The fourth-order valence-electron chi connectivity index (χ4n) is 2.47. The van der Waals surface area contributed by atoms with Crippen molar-refractivity contribution < 1.29 is 13.5 Å². The first-order chi connectivity index (χ1) is 12.6. The molecule has 0 spiro atoms. The molecule has 1 aromatic carbocycles. The second-order valence-electron chi connectivity index (χ2n) is 5.76. The minimum absolute atomic E-state index is 0. The first kappa shape index (κ1) is 23.1. The minimum Gasteiger partial charge on any atom is -0.435 e. The van der Waals surface area contributed by atoms with Crippen molar-refractivity contribution in [2.45, 2.75) is 32.5 Å². The predicted molar refractivity (Wildman–Crippen MR) is 111 cm³/mol. The molecule has 0 bridgehead atoms. The van der Waals surface area contributed by atoms with Crippen LogP contribution in [0.4, 0.5) is 8.78 Å². The van der Waals surface area contributed by atoms with Gasteiger partial charge in [0, 0.05) is 33.7 Å². The molecule has 0 aliphatic carbocycles. The van der Waals surface area contributed by atoms with Gasteiger partial charge in [-0.15, -0.1) is 34.2 Å². The molecule has 0 fully saturated rings. The summed E-state index contributed by atoms with van der Waals surface area (Å²) in [4.78, 5) is 6.25. The number of aryl methyl sites for hydroxylation is 1. The SMILES string of the molecule is CN=C(NCCCCn1cnnc1)N(C)Cc1ccc(OC(F)F)cc1.I. The van der Waals surface area contributed by atoms with E-state index in [0.717, 1.165) is 37.5 Å². The topological polar surface area (TPSA) is 67.6 Å². The molecule has 0 aliphatic rings. The van der Waals surface area contributed by atoms with Crippen molar-refractivity contribution in [2.75, 3.05) is 20.6 Å². The Labute approximate surface area is 174 Å². The molecule has 0 unspecified atom stereocenters. The van der Waals surface area contributed by atoms with Crippen LogP contribution in [0.3, 0.4) is 0 Å². The lowest BCUT2D eigenvalue weighted by molar-refractivity contribution is -0.0498. The van der Waals surface area contributed by atoms with E-state index >= 15 is 0 Å². The van der Waals surface area contributed by atoms with Gasteiger partial charge in [-0.05, 0) is 30.5 Å². The molecule has 0 radical (unpaired) electrons. The van der Waals surface area contributed by atoms with Crippen molar-refractivity contribution in [2.24, 2.45) is 4.99 Å². The molecule has 1 heterocycles. The second kappa shape index (κ2) is 12.4. The molecule has 0 saturated heterocycles. The number of guanidine groups is 1. The second-order valence-corrected chi connectivity index (χ2v) is 5.76. The standard InChI is InChI=1S/C17H24F2N6O.HI/c1-20-17(21-9-3-4-10-25-12-22-23-13-25)24(2)11-14-5-7-15(8-6-14)26-16(18)19;/h5-8,12-13,16H,3-4,9-11H2,1-2H3,(H,20,21);1H. The lowest BCUT2D eigenvalue weighted by Crippen LogP contribution is -2.38. The number of hydrogen-bond acceptors (Lipinski definition) is 4. The van der Waals surface area contributed by atoms with Gasteiger partial charge in [-0.2, -0.15) is 8.78 Å². The number of ether oxygens (including phenoxy) is 1. The largest absolute Gasteiger partial charge is 0.435 e. The lowest BCUT2D eigenvalue weighted by Gasteiger charge is -2.22. The molecule has 2 aromatic rings. The highest BCUT2D eigenvalue weighted by Gasteiger charge is 2.08. The summed E-state index contributed by atoms with van der Waals surface area (Å²) in [6, 6.07) is 6.61. The zero-order valence-electron chi connectivity index (χ0n) is 15.4. The Balaban J connectivity index is 0.00000364. The van der Waals surface area contributed by atoms with Crippen LogP contribution in [0.5, 0.6) is 5.75 Å². The number of nitrogens with zero attached hydrogens (tertiary/aromatic N) is 5. The number of unbranched alkanes of at least 4 members (excludes halogenated alkanes) is 1. The normalized spacial score (nSPS) is 11.2. The number of aliphatic imine (C=N–C) groups is 1. The molecule has 1 aromatic heterocycles. The molecule has 1 N–H and O–H groups in total. The zero-order valence-corrected chi connectivity index (χ0v) is 17.7. The highest BCUT2D eigenvalue weighted by Crippen LogP contribution is 2.15. The van der Waals surface area contributed by atoms with Crippen LogP contribution >= 0.6 is 24.0 Å². The van der Waals surface area contributed by atoms with E-state index in [1.165, 1.54) is 12.1 Å². The first-order valence-electron chi connectivity index (χ1n) is 8.36. The maximum absolute atomic E-state index is 12.2. The van der Waals surface area contributed by atoms with Gasteiger partial charge in [0.05, 0.1) is 0 Å². The Morgan fingerprint density at radius 2 is 1.89 bits per heavy atom. The summed E-state index contributed by atoms with van der Waals surface area (Å²) in [6.07, 6.45) is 5.41. The maximum Gasteiger partial charge on any atom is 0.387 e. The number of aromatic nitrogens is 3. The first-order valence-corrected chi connectivity index (χ1v) is 8.36. The molecule has 7 nitrogen and oxygen atoms in total. The summed E-state index contributed by atoms with van der Waals surface area (Å²) in [5.41, 5.74) is 0.977. The average Bonchev–Trinajstić information content (AvgIpc) is 3.12. The summed E-state index contributed by atoms with van der Waals surface area (Å²) in [5, 5.41) is 10.9. The van der Waals surface area contributed by atoms with Crippen LogP contribution < -0.4 is 10.1 Å². The van der Waals surface area contributed by atoms with Crippen molar-refractivity contribution in [3.8, 4) is 5.75 Å². The molecule has 0 saturated carbocycles. The minimum atomic E-state index is -2.81. The van der Waals surface area contributed by atoms with Gasteiger partial charge in [-0.25, -0.2) is 0 Å². The van der Waals surface area contributed by atoms with E-state index in [0.29, 0.717) is 6.54 Å². The summed E-state index contributed by atoms with van der Waals surface area (Å²) in [6.45, 7) is -0.511. The third kappa shape index (κ3) is 8.50. The molecule has 27 heavy (non-hydrogen) atoms. The van der Waals surface area contributed by atoms with Crippen LogP contribution in [0.2, 0.25) is 0 Å². The van der Waals surface area contributed by atoms with Crippen LogP contribution in [0.1, 0.15) is 18.4 Å². The number of benzene rings is 1. The number of alkyl halides is 2. The lowest BCUT2D eigenvalue weighted by atomic mass is 10.2. The average molecular weight is 494 g/mol. The van der Waals surface area contributed by atoms with Crippen LogP contribution in [0.15, 0.2) is 41.9 Å². The fourth-order valence-corrected chi connectivity index (χ4v) is 2.47. The summed E-state index contributed by atoms with van der Waals surface area (Å²) in [7, 11) is 3.66. The van der Waals surface area contributed by atoms with Crippen LogP contribution in [0.25, 0.3) is 0 Å². The molecule has 10 heteroatoms. The van der Waals surface area contributed by atoms with Crippen molar-refractivity contribution in [3.63, 3.8) is 0 Å². The van der Waals surface area contributed by atoms with E-state index in [4.69, 9.17) is 0 Å². The van der Waals surface area contributed by atoms with Crippen molar-refractivity contribution in [1.82, 2.24) is 25.0 Å². The summed E-state index contributed by atoms with van der Waals surface area (Å²) >= 11 is 0. The van der Waals surface area contributed by atoms with E-state index in [1.54, 1.807) is 31.8 Å². The zero-order chi connectivity index (χ0) is 18.8. The maximum atomic E-state index is 12.2. The molecular formula is C17H25F2IN6O. The molecule has 0 atom stereocenters. The monoisotopic (exact) mass is 494 g/mol. The summed E-state index contributed by atoms with van der Waals surface area (Å²) < 4.78 is 30.6. The third-order valence-corrected chi connectivity index (χ3v) is 3.73. The number of hydrogen-bond donors (Lipinski definition) is 1. The van der Waals surface area contributed by atoms with E-state index < -0.39 is 6.61 Å².